The third-order valence-electron chi connectivity index (χ3n) is 6.73. The van der Waals surface area contributed by atoms with Crippen molar-refractivity contribution in [1.82, 2.24) is 14.9 Å². The summed E-state index contributed by atoms with van der Waals surface area (Å²) in [6, 6.07) is 17.6. The average Bonchev–Trinajstić information content (AvgIpc) is 2.93. The fraction of sp³-hybridized carbons (Fsp3) is 0.300. The van der Waals surface area contributed by atoms with Gasteiger partial charge in [0.05, 0.1) is 29.6 Å². The van der Waals surface area contributed by atoms with Gasteiger partial charge in [-0.3, -0.25) is 14.4 Å². The number of fused-ring (bicyclic) bond motifs is 1. The number of nitrogens with one attached hydrogen (secondary N) is 3. The van der Waals surface area contributed by atoms with Crippen molar-refractivity contribution in [3.63, 3.8) is 0 Å². The number of ether oxygens (including phenoxy) is 1. The smallest absolute Gasteiger partial charge is 0.263 e. The van der Waals surface area contributed by atoms with Gasteiger partial charge in [-0.25, -0.2) is 18.4 Å². The predicted molar refractivity (Wildman–Crippen MR) is 165 cm³/mol. The number of nitrogens with zero attached hydrogens (tertiary/aromatic N) is 3. The number of amides is 1. The molecule has 1 aromatic heterocycles. The van der Waals surface area contributed by atoms with E-state index in [2.05, 4.69) is 37.1 Å². The first kappa shape index (κ1) is 30.5. The summed E-state index contributed by atoms with van der Waals surface area (Å²) in [6.07, 6.45) is 2.22. The lowest BCUT2D eigenvalue weighted by Crippen LogP contribution is -2.39. The second-order valence-corrected chi connectivity index (χ2v) is 11.8. The fourth-order valence-electron chi connectivity index (χ4n) is 4.83. The molecule has 11 nitrogen and oxygen atoms in total. The molecule has 1 aliphatic rings. The summed E-state index contributed by atoms with van der Waals surface area (Å²) < 4.78 is 34.7. The molecule has 3 aromatic carbocycles. The molecule has 12 heteroatoms. The van der Waals surface area contributed by atoms with Crippen LogP contribution in [0, 0.1) is 5.92 Å². The Balaban J connectivity index is 0.00000405. The van der Waals surface area contributed by atoms with Gasteiger partial charge in [0.15, 0.2) is 11.6 Å². The first-order chi connectivity index (χ1) is 19.7. The van der Waals surface area contributed by atoms with E-state index in [1.165, 1.54) is 31.4 Å². The van der Waals surface area contributed by atoms with Gasteiger partial charge >= 0.3 is 0 Å². The molecule has 222 valence electrons. The second kappa shape index (κ2) is 13.0. The van der Waals surface area contributed by atoms with Crippen LogP contribution in [0.15, 0.2) is 71.6 Å². The van der Waals surface area contributed by atoms with Crippen molar-refractivity contribution in [2.75, 3.05) is 42.1 Å². The maximum Gasteiger partial charge on any atom is 0.263 e. The van der Waals surface area contributed by atoms with E-state index >= 15 is 0 Å². The number of hydrogen-bond acceptors (Lipinski definition) is 9. The van der Waals surface area contributed by atoms with Crippen LogP contribution in [0.2, 0.25) is 0 Å². The third kappa shape index (κ3) is 7.45. The van der Waals surface area contributed by atoms with E-state index in [0.717, 1.165) is 25.9 Å². The number of methoxy groups -OCH3 is 1. The highest BCUT2D eigenvalue weighted by Gasteiger charge is 2.21. The Hall–Kier alpha value is -4.42. The highest BCUT2D eigenvalue weighted by atomic mass is 32.2. The highest BCUT2D eigenvalue weighted by molar-refractivity contribution is 7.92. The number of phenolic OH excluding ortho intramolecular Hbond substituents is 1. The van der Waals surface area contributed by atoms with E-state index in [0.29, 0.717) is 34.1 Å². The lowest BCUT2D eigenvalue weighted by atomic mass is 10.0. The van der Waals surface area contributed by atoms with Crippen molar-refractivity contribution < 1.29 is 23.1 Å². The Morgan fingerprint density at radius 2 is 1.76 bits per heavy atom. The molecule has 1 saturated heterocycles. The average molecular weight is 593 g/mol. The van der Waals surface area contributed by atoms with E-state index in [4.69, 9.17) is 4.74 Å². The SMILES string of the molecule is C.COc1cc(O)cc(Nc2nc3ccccc3nc2NS(=O)(=O)c2cccc(NC(=O)CN3CCCC(C)C3)c2)c1. The minimum absolute atomic E-state index is 0. The topological polar surface area (TPSA) is 146 Å². The molecule has 1 amide bonds. The molecule has 0 spiro atoms. The molecule has 1 fully saturated rings. The summed E-state index contributed by atoms with van der Waals surface area (Å²) in [5, 5.41) is 15.9. The van der Waals surface area contributed by atoms with Crippen LogP contribution in [0.4, 0.5) is 23.0 Å². The van der Waals surface area contributed by atoms with Crippen LogP contribution >= 0.6 is 0 Å². The molecule has 0 bridgehead atoms. The largest absolute Gasteiger partial charge is 0.508 e. The zero-order valence-corrected chi connectivity index (χ0v) is 23.6. The van der Waals surface area contributed by atoms with Crippen molar-refractivity contribution >= 4 is 50.0 Å². The van der Waals surface area contributed by atoms with E-state index in [1.807, 2.05) is 0 Å². The van der Waals surface area contributed by atoms with Gasteiger partial charge in [0.2, 0.25) is 5.91 Å². The van der Waals surface area contributed by atoms with E-state index in [9.17, 15) is 18.3 Å². The second-order valence-electron chi connectivity index (χ2n) is 10.1. The number of hydrogen-bond donors (Lipinski definition) is 4. The lowest BCUT2D eigenvalue weighted by Gasteiger charge is -2.30. The van der Waals surface area contributed by atoms with Crippen molar-refractivity contribution in [3.8, 4) is 11.5 Å². The predicted octanol–water partition coefficient (Wildman–Crippen LogP) is 5.19. The number of rotatable bonds is 9. The molecule has 42 heavy (non-hydrogen) atoms. The Morgan fingerprint density at radius 1 is 1.02 bits per heavy atom. The molecule has 1 unspecified atom stereocenters. The summed E-state index contributed by atoms with van der Waals surface area (Å²) >= 11 is 0. The number of sulfonamides is 1. The summed E-state index contributed by atoms with van der Waals surface area (Å²) in [4.78, 5) is 23.8. The number of phenols is 1. The quantitative estimate of drug-likeness (QED) is 0.206. The molecule has 0 saturated carbocycles. The maximum atomic E-state index is 13.5. The molecule has 0 aliphatic carbocycles. The van der Waals surface area contributed by atoms with Crippen LogP contribution in [0.3, 0.4) is 0 Å². The minimum atomic E-state index is -4.14. The lowest BCUT2D eigenvalue weighted by molar-refractivity contribution is -0.117. The van der Waals surface area contributed by atoms with Gasteiger partial charge in [0.25, 0.3) is 10.0 Å². The van der Waals surface area contributed by atoms with Crippen LogP contribution in [0.5, 0.6) is 11.5 Å². The Bertz CT molecular complexity index is 1680. The van der Waals surface area contributed by atoms with Gasteiger partial charge < -0.3 is 20.5 Å². The van der Waals surface area contributed by atoms with Gasteiger partial charge in [-0.1, -0.05) is 32.5 Å². The molecule has 5 rings (SSSR count). The van der Waals surface area contributed by atoms with E-state index in [-0.39, 0.29) is 42.2 Å². The number of piperidine rings is 1. The van der Waals surface area contributed by atoms with Crippen LogP contribution in [-0.2, 0) is 14.8 Å². The first-order valence-corrected chi connectivity index (χ1v) is 14.7. The summed E-state index contributed by atoms with van der Waals surface area (Å²) in [5.74, 6) is 0.784. The Morgan fingerprint density at radius 3 is 2.48 bits per heavy atom. The standard InChI is InChI=1S/C29H32N6O5S.CH4/c1-19-7-6-12-35(17-19)18-27(37)30-20-8-5-9-24(15-20)41(38,39)34-29-28(32-25-10-3-4-11-26(25)33-29)31-21-13-22(36)16-23(14-21)40-2;/h3-5,8-11,13-16,19,36H,6-7,12,17-18H2,1-2H3,(H,30,37)(H,31,32)(H,33,34);1H4. The van der Waals surface area contributed by atoms with Gasteiger partial charge in [0, 0.05) is 36.1 Å². The zero-order valence-electron chi connectivity index (χ0n) is 22.8. The maximum absolute atomic E-state index is 13.5. The fourth-order valence-corrected chi connectivity index (χ4v) is 5.88. The first-order valence-electron chi connectivity index (χ1n) is 13.3. The van der Waals surface area contributed by atoms with E-state index < -0.39 is 10.0 Å². The normalized spacial score (nSPS) is 15.4. The molecule has 1 atom stereocenters. The molecular formula is C30H36N6O5S. The summed E-state index contributed by atoms with van der Waals surface area (Å²) in [7, 11) is -2.67. The van der Waals surface area contributed by atoms with E-state index in [1.54, 1.807) is 42.5 Å². The van der Waals surface area contributed by atoms with Crippen molar-refractivity contribution in [3.05, 3.63) is 66.7 Å². The van der Waals surface area contributed by atoms with Crippen molar-refractivity contribution in [2.24, 2.45) is 5.92 Å². The zero-order chi connectivity index (χ0) is 29.0. The van der Waals surface area contributed by atoms with Crippen LogP contribution in [-0.4, -0.2) is 61.0 Å². The summed E-state index contributed by atoms with van der Waals surface area (Å²) in [5.41, 5.74) is 1.81. The molecule has 4 N–H and O–H groups in total. The highest BCUT2D eigenvalue weighted by Crippen LogP contribution is 2.31. The number of anilines is 4. The molecular weight excluding hydrogens is 556 g/mol. The summed E-state index contributed by atoms with van der Waals surface area (Å²) in [6.45, 7) is 4.16. The number of benzene rings is 3. The molecule has 2 heterocycles. The van der Waals surface area contributed by atoms with Crippen molar-refractivity contribution in [2.45, 2.75) is 32.1 Å². The van der Waals surface area contributed by atoms with Gasteiger partial charge in [-0.2, -0.15) is 0 Å². The van der Waals surface area contributed by atoms with Crippen LogP contribution in [0.25, 0.3) is 11.0 Å². The Labute approximate surface area is 246 Å². The number of aromatic hydroxyl groups is 1. The number of para-hydroxylation sites is 2. The molecule has 1 aliphatic heterocycles. The number of likely N-dealkylation sites (tertiary alicyclic amines) is 1. The van der Waals surface area contributed by atoms with Gasteiger partial charge in [0.1, 0.15) is 11.5 Å². The van der Waals surface area contributed by atoms with Crippen LogP contribution in [0.1, 0.15) is 27.2 Å². The molecule has 4 aromatic rings. The third-order valence-corrected chi connectivity index (χ3v) is 8.06. The monoisotopic (exact) mass is 592 g/mol. The number of carbonyl (C=O) groups excluding carboxylic acids is 1. The van der Waals surface area contributed by atoms with Crippen LogP contribution < -0.4 is 20.1 Å². The number of aromatic nitrogens is 2. The van der Waals surface area contributed by atoms with Gasteiger partial charge in [-0.15, -0.1) is 0 Å². The number of carbonyl (C=O) groups is 1. The van der Waals surface area contributed by atoms with Gasteiger partial charge in [-0.05, 0) is 55.6 Å². The minimum Gasteiger partial charge on any atom is -0.508 e. The van der Waals surface area contributed by atoms with Crippen molar-refractivity contribution in [1.29, 1.82) is 0 Å². The Kier molecular flexibility index (Phi) is 9.48. The molecule has 0 radical (unpaired) electrons.